The number of hydrogen-bond donors (Lipinski definition) is 2. The average molecular weight is 319 g/mol. The minimum atomic E-state index is -0.331. The number of hydrogen-bond acceptors (Lipinski definition) is 4. The van der Waals surface area contributed by atoms with Crippen molar-refractivity contribution in [1.82, 2.24) is 5.43 Å². The smallest absolute Gasteiger partial charge is 0.244 e. The lowest BCUT2D eigenvalue weighted by Gasteiger charge is -2.11. The van der Waals surface area contributed by atoms with Crippen molar-refractivity contribution in [3.8, 4) is 5.75 Å². The summed E-state index contributed by atoms with van der Waals surface area (Å²) in [5.74, 6) is 0.547. The van der Waals surface area contributed by atoms with Gasteiger partial charge in [0.15, 0.2) is 0 Å². The molecule has 0 fully saturated rings. The molecule has 0 amide bonds. The standard InChI is InChI=1S/C14H11BrN2O2/c15-10-7-5-9(6-8-10)13-16-17-14(19-13)11-3-1-2-4-12(11)18/h1-8,13,16,18H. The SMILES string of the molecule is Oc1ccccc1C1=NNC(c2ccc(Br)cc2)O1. The summed E-state index contributed by atoms with van der Waals surface area (Å²) in [6, 6.07) is 14.7. The Bertz CT molecular complexity index is 626. The molecule has 2 aromatic carbocycles. The Balaban J connectivity index is 1.80. The third-order valence-electron chi connectivity index (χ3n) is 2.82. The summed E-state index contributed by atoms with van der Waals surface area (Å²) in [7, 11) is 0. The Kier molecular flexibility index (Phi) is 3.13. The summed E-state index contributed by atoms with van der Waals surface area (Å²) in [5, 5.41) is 13.9. The van der Waals surface area contributed by atoms with Gasteiger partial charge in [-0.25, -0.2) is 0 Å². The van der Waals surface area contributed by atoms with E-state index < -0.39 is 0 Å². The zero-order valence-electron chi connectivity index (χ0n) is 9.88. The van der Waals surface area contributed by atoms with Crippen LogP contribution in [0.3, 0.4) is 0 Å². The van der Waals surface area contributed by atoms with E-state index in [9.17, 15) is 5.11 Å². The highest BCUT2D eigenvalue weighted by Gasteiger charge is 2.23. The maximum absolute atomic E-state index is 9.77. The highest BCUT2D eigenvalue weighted by molar-refractivity contribution is 9.10. The van der Waals surface area contributed by atoms with Gasteiger partial charge in [0.25, 0.3) is 0 Å². The second-order valence-electron chi connectivity index (χ2n) is 4.11. The van der Waals surface area contributed by atoms with Crippen LogP contribution in [0.25, 0.3) is 0 Å². The lowest BCUT2D eigenvalue weighted by Crippen LogP contribution is -2.12. The van der Waals surface area contributed by atoms with E-state index in [4.69, 9.17) is 4.74 Å². The second kappa shape index (κ2) is 4.93. The number of phenols is 1. The molecule has 1 aliphatic heterocycles. The van der Waals surface area contributed by atoms with Crippen molar-refractivity contribution in [1.29, 1.82) is 0 Å². The third kappa shape index (κ3) is 2.42. The zero-order valence-corrected chi connectivity index (χ0v) is 11.5. The third-order valence-corrected chi connectivity index (χ3v) is 3.35. The van der Waals surface area contributed by atoms with E-state index >= 15 is 0 Å². The Hall–Kier alpha value is -2.01. The van der Waals surface area contributed by atoms with Crippen LogP contribution in [-0.4, -0.2) is 11.0 Å². The molecule has 0 saturated carbocycles. The first kappa shape index (κ1) is 12.0. The molecule has 0 aliphatic carbocycles. The predicted octanol–water partition coefficient (Wildman–Crippen LogP) is 3.13. The Morgan fingerprint density at radius 2 is 1.84 bits per heavy atom. The van der Waals surface area contributed by atoms with Gasteiger partial charge in [-0.15, -0.1) is 5.10 Å². The number of nitrogens with one attached hydrogen (secondary N) is 1. The first-order chi connectivity index (χ1) is 9.24. The first-order valence-corrected chi connectivity index (χ1v) is 6.57. The summed E-state index contributed by atoms with van der Waals surface area (Å²) in [4.78, 5) is 0. The minimum Gasteiger partial charge on any atom is -0.507 e. The molecule has 4 nitrogen and oxygen atoms in total. The lowest BCUT2D eigenvalue weighted by atomic mass is 10.2. The van der Waals surface area contributed by atoms with Crippen molar-refractivity contribution in [2.45, 2.75) is 6.23 Å². The molecule has 96 valence electrons. The van der Waals surface area contributed by atoms with Crippen LogP contribution in [0.4, 0.5) is 0 Å². The fourth-order valence-electron chi connectivity index (χ4n) is 1.84. The number of phenolic OH excluding ortho intramolecular Hbond substituents is 1. The number of rotatable bonds is 2. The normalized spacial score (nSPS) is 17.5. The Morgan fingerprint density at radius 1 is 1.11 bits per heavy atom. The van der Waals surface area contributed by atoms with Crippen LogP contribution >= 0.6 is 15.9 Å². The Labute approximate surface area is 118 Å². The van der Waals surface area contributed by atoms with Crippen molar-refractivity contribution in [3.63, 3.8) is 0 Å². The molecule has 19 heavy (non-hydrogen) atoms. The molecule has 0 aromatic heterocycles. The molecule has 1 aliphatic rings. The topological polar surface area (TPSA) is 53.9 Å². The van der Waals surface area contributed by atoms with Crippen LogP contribution in [-0.2, 0) is 4.74 Å². The Morgan fingerprint density at radius 3 is 2.58 bits per heavy atom. The number of para-hydroxylation sites is 1. The van der Waals surface area contributed by atoms with E-state index in [0.717, 1.165) is 10.0 Å². The highest BCUT2D eigenvalue weighted by atomic mass is 79.9. The van der Waals surface area contributed by atoms with Gasteiger partial charge in [-0.05, 0) is 24.3 Å². The molecule has 0 bridgehead atoms. The van der Waals surface area contributed by atoms with Crippen molar-refractivity contribution in [3.05, 3.63) is 64.1 Å². The van der Waals surface area contributed by atoms with Crippen molar-refractivity contribution in [2.75, 3.05) is 0 Å². The van der Waals surface area contributed by atoms with Gasteiger partial charge in [-0.2, -0.15) is 0 Å². The largest absolute Gasteiger partial charge is 0.507 e. The van der Waals surface area contributed by atoms with Gasteiger partial charge in [-0.1, -0.05) is 40.2 Å². The van der Waals surface area contributed by atoms with Crippen LogP contribution < -0.4 is 5.43 Å². The van der Waals surface area contributed by atoms with Crippen LogP contribution in [0.15, 0.2) is 58.1 Å². The molecule has 2 N–H and O–H groups in total. The van der Waals surface area contributed by atoms with Crippen LogP contribution in [0.2, 0.25) is 0 Å². The molecule has 0 saturated heterocycles. The molecule has 1 unspecified atom stereocenters. The van der Waals surface area contributed by atoms with E-state index in [1.165, 1.54) is 0 Å². The lowest BCUT2D eigenvalue weighted by molar-refractivity contribution is 0.191. The van der Waals surface area contributed by atoms with Gasteiger partial charge in [0.05, 0.1) is 5.56 Å². The van der Waals surface area contributed by atoms with Gasteiger partial charge in [0.1, 0.15) is 5.75 Å². The maximum atomic E-state index is 9.77. The fraction of sp³-hybridized carbons (Fsp3) is 0.0714. The monoisotopic (exact) mass is 318 g/mol. The summed E-state index contributed by atoms with van der Waals surface area (Å²) in [6.07, 6.45) is -0.331. The number of ether oxygens (including phenoxy) is 1. The second-order valence-corrected chi connectivity index (χ2v) is 5.03. The van der Waals surface area contributed by atoms with E-state index in [1.54, 1.807) is 18.2 Å². The molecule has 1 heterocycles. The zero-order chi connectivity index (χ0) is 13.2. The van der Waals surface area contributed by atoms with Crippen LogP contribution in [0.5, 0.6) is 5.75 Å². The number of halogens is 1. The molecule has 3 rings (SSSR count). The van der Waals surface area contributed by atoms with Crippen LogP contribution in [0.1, 0.15) is 17.4 Å². The van der Waals surface area contributed by atoms with E-state index in [1.807, 2.05) is 30.3 Å². The number of nitrogens with zero attached hydrogens (tertiary/aromatic N) is 1. The van der Waals surface area contributed by atoms with Crippen molar-refractivity contribution < 1.29 is 9.84 Å². The molecular weight excluding hydrogens is 308 g/mol. The van der Waals surface area contributed by atoms with Crippen molar-refractivity contribution >= 4 is 21.8 Å². The fourth-order valence-corrected chi connectivity index (χ4v) is 2.10. The number of benzene rings is 2. The summed E-state index contributed by atoms with van der Waals surface area (Å²) >= 11 is 3.39. The van der Waals surface area contributed by atoms with Gasteiger partial charge >= 0.3 is 0 Å². The minimum absolute atomic E-state index is 0.152. The number of aromatic hydroxyl groups is 1. The van der Waals surface area contributed by atoms with E-state index in [0.29, 0.717) is 11.5 Å². The van der Waals surface area contributed by atoms with Crippen LogP contribution in [0, 0.1) is 0 Å². The average Bonchev–Trinajstić information content (AvgIpc) is 2.89. The highest BCUT2D eigenvalue weighted by Crippen LogP contribution is 2.26. The molecule has 2 aromatic rings. The van der Waals surface area contributed by atoms with Gasteiger partial charge in [-0.3, -0.25) is 5.43 Å². The quantitative estimate of drug-likeness (QED) is 0.894. The molecule has 0 spiro atoms. The molecule has 5 heteroatoms. The van der Waals surface area contributed by atoms with Gasteiger partial charge in [0, 0.05) is 10.0 Å². The number of hydrazone groups is 1. The van der Waals surface area contributed by atoms with Crippen molar-refractivity contribution in [2.24, 2.45) is 5.10 Å². The van der Waals surface area contributed by atoms with Gasteiger partial charge < -0.3 is 9.84 Å². The van der Waals surface area contributed by atoms with E-state index in [2.05, 4.69) is 26.5 Å². The summed E-state index contributed by atoms with van der Waals surface area (Å²) < 4.78 is 6.73. The first-order valence-electron chi connectivity index (χ1n) is 5.78. The molecule has 0 radical (unpaired) electrons. The molecule has 1 atom stereocenters. The molecular formula is C14H11BrN2O2. The predicted molar refractivity (Wildman–Crippen MR) is 75.7 cm³/mol. The van der Waals surface area contributed by atoms with E-state index in [-0.39, 0.29) is 12.0 Å². The summed E-state index contributed by atoms with van der Waals surface area (Å²) in [5.41, 5.74) is 4.46. The van der Waals surface area contributed by atoms with Gasteiger partial charge in [0.2, 0.25) is 12.1 Å². The maximum Gasteiger partial charge on any atom is 0.244 e. The summed E-state index contributed by atoms with van der Waals surface area (Å²) in [6.45, 7) is 0.